The molecule has 5 nitrogen and oxygen atoms in total. The van der Waals surface area contributed by atoms with Gasteiger partial charge in [0.05, 0.1) is 24.5 Å². The van der Waals surface area contributed by atoms with Gasteiger partial charge in [-0.1, -0.05) is 30.3 Å². The maximum Gasteiger partial charge on any atom is 0.274 e. The van der Waals surface area contributed by atoms with E-state index in [1.54, 1.807) is 17.0 Å². The van der Waals surface area contributed by atoms with Crippen molar-refractivity contribution in [3.05, 3.63) is 53.7 Å². The molecule has 0 spiro atoms. The Labute approximate surface area is 128 Å². The van der Waals surface area contributed by atoms with Crippen LogP contribution >= 0.6 is 0 Å². The second-order valence-electron chi connectivity index (χ2n) is 4.98. The highest BCUT2D eigenvalue weighted by atomic mass is 16.5. The second-order valence-corrected chi connectivity index (χ2v) is 4.98. The molecule has 0 radical (unpaired) electrons. The largest absolute Gasteiger partial charge is 0.378 e. The SMILES string of the molecule is N#Cc1ccc(-c2ccccc2)nc1C(=O)N1CCOCC1. The summed E-state index contributed by atoms with van der Waals surface area (Å²) in [6, 6.07) is 15.1. The van der Waals surface area contributed by atoms with Crippen LogP contribution in [0.5, 0.6) is 0 Å². The lowest BCUT2D eigenvalue weighted by Gasteiger charge is -2.26. The number of hydrogen-bond acceptors (Lipinski definition) is 4. The highest BCUT2D eigenvalue weighted by Gasteiger charge is 2.23. The maximum absolute atomic E-state index is 12.6. The number of ether oxygens (including phenoxy) is 1. The van der Waals surface area contributed by atoms with Crippen LogP contribution in [0.1, 0.15) is 16.1 Å². The molecular weight excluding hydrogens is 278 g/mol. The topological polar surface area (TPSA) is 66.2 Å². The van der Waals surface area contributed by atoms with Gasteiger partial charge < -0.3 is 9.64 Å². The second kappa shape index (κ2) is 6.37. The number of benzene rings is 1. The normalized spacial score (nSPS) is 14.4. The van der Waals surface area contributed by atoms with Crippen LogP contribution in [0.3, 0.4) is 0 Å². The van der Waals surface area contributed by atoms with Crippen LogP contribution in [-0.4, -0.2) is 42.1 Å². The molecule has 110 valence electrons. The van der Waals surface area contributed by atoms with Crippen LogP contribution in [0.2, 0.25) is 0 Å². The molecule has 0 unspecified atom stereocenters. The van der Waals surface area contributed by atoms with Crippen molar-refractivity contribution in [2.24, 2.45) is 0 Å². The van der Waals surface area contributed by atoms with Crippen LogP contribution in [0, 0.1) is 11.3 Å². The number of aromatic nitrogens is 1. The van der Waals surface area contributed by atoms with Gasteiger partial charge in [-0.2, -0.15) is 5.26 Å². The first-order valence-corrected chi connectivity index (χ1v) is 7.13. The fourth-order valence-corrected chi connectivity index (χ4v) is 2.40. The lowest BCUT2D eigenvalue weighted by atomic mass is 10.1. The smallest absolute Gasteiger partial charge is 0.274 e. The van der Waals surface area contributed by atoms with Crippen LogP contribution < -0.4 is 0 Å². The van der Waals surface area contributed by atoms with Crippen molar-refractivity contribution in [2.75, 3.05) is 26.3 Å². The summed E-state index contributed by atoms with van der Waals surface area (Å²) in [5, 5.41) is 9.24. The molecule has 1 aromatic heterocycles. The molecular formula is C17H15N3O2. The van der Waals surface area contributed by atoms with E-state index in [2.05, 4.69) is 11.1 Å². The predicted molar refractivity (Wildman–Crippen MR) is 81.1 cm³/mol. The Kier molecular flexibility index (Phi) is 4.12. The summed E-state index contributed by atoms with van der Waals surface area (Å²) in [6.07, 6.45) is 0. The summed E-state index contributed by atoms with van der Waals surface area (Å²) in [6.45, 7) is 2.10. The number of rotatable bonds is 2. The Hall–Kier alpha value is -2.71. The average Bonchev–Trinajstić information content (AvgIpc) is 2.62. The van der Waals surface area contributed by atoms with Gasteiger partial charge in [-0.3, -0.25) is 4.79 Å². The molecule has 0 saturated carbocycles. The number of carbonyl (C=O) groups is 1. The molecule has 3 rings (SSSR count). The van der Waals surface area contributed by atoms with Crippen LogP contribution in [0.4, 0.5) is 0 Å². The highest BCUT2D eigenvalue weighted by molar-refractivity contribution is 5.95. The quantitative estimate of drug-likeness (QED) is 0.850. The molecule has 0 N–H and O–H groups in total. The van der Waals surface area contributed by atoms with Gasteiger partial charge >= 0.3 is 0 Å². The Bertz CT molecular complexity index is 716. The molecule has 1 aliphatic heterocycles. The number of morpholine rings is 1. The molecule has 0 bridgehead atoms. The van der Waals surface area contributed by atoms with E-state index in [4.69, 9.17) is 4.74 Å². The molecule has 0 aliphatic carbocycles. The zero-order valence-electron chi connectivity index (χ0n) is 12.0. The Balaban J connectivity index is 1.98. The van der Waals surface area contributed by atoms with E-state index >= 15 is 0 Å². The van der Waals surface area contributed by atoms with Crippen molar-refractivity contribution >= 4 is 5.91 Å². The van der Waals surface area contributed by atoms with Crippen molar-refractivity contribution in [3.63, 3.8) is 0 Å². The van der Waals surface area contributed by atoms with Crippen molar-refractivity contribution < 1.29 is 9.53 Å². The van der Waals surface area contributed by atoms with Crippen molar-refractivity contribution in [1.29, 1.82) is 5.26 Å². The first-order chi connectivity index (χ1) is 10.8. The van der Waals surface area contributed by atoms with E-state index in [1.165, 1.54) is 0 Å². The number of nitrogens with zero attached hydrogens (tertiary/aromatic N) is 3. The fourth-order valence-electron chi connectivity index (χ4n) is 2.40. The molecule has 1 fully saturated rings. The molecule has 1 aromatic carbocycles. The highest BCUT2D eigenvalue weighted by Crippen LogP contribution is 2.20. The summed E-state index contributed by atoms with van der Waals surface area (Å²) < 4.78 is 5.26. The zero-order chi connectivity index (χ0) is 15.4. The summed E-state index contributed by atoms with van der Waals surface area (Å²) in [4.78, 5) is 18.7. The fraction of sp³-hybridized carbons (Fsp3) is 0.235. The van der Waals surface area contributed by atoms with Gasteiger partial charge in [-0.25, -0.2) is 4.98 Å². The maximum atomic E-state index is 12.6. The molecule has 1 saturated heterocycles. The van der Waals surface area contributed by atoms with E-state index < -0.39 is 0 Å². The number of hydrogen-bond donors (Lipinski definition) is 0. The molecule has 22 heavy (non-hydrogen) atoms. The molecule has 2 heterocycles. The third kappa shape index (κ3) is 2.83. The van der Waals surface area contributed by atoms with E-state index in [0.717, 1.165) is 5.56 Å². The Morgan fingerprint density at radius 1 is 1.14 bits per heavy atom. The van der Waals surface area contributed by atoms with Gasteiger partial charge in [0.15, 0.2) is 0 Å². The predicted octanol–water partition coefficient (Wildman–Crippen LogP) is 2.09. The summed E-state index contributed by atoms with van der Waals surface area (Å²) in [7, 11) is 0. The molecule has 2 aromatic rings. The van der Waals surface area contributed by atoms with Gasteiger partial charge in [0.2, 0.25) is 0 Å². The summed E-state index contributed by atoms with van der Waals surface area (Å²) in [5.41, 5.74) is 2.13. The standard InChI is InChI=1S/C17H15N3O2/c18-12-14-6-7-15(13-4-2-1-3-5-13)19-16(14)17(21)20-8-10-22-11-9-20/h1-7H,8-11H2. The summed E-state index contributed by atoms with van der Waals surface area (Å²) in [5.74, 6) is -0.211. The van der Waals surface area contributed by atoms with Gasteiger partial charge in [-0.05, 0) is 12.1 Å². The number of carbonyl (C=O) groups excluding carboxylic acids is 1. The lowest BCUT2D eigenvalue weighted by Crippen LogP contribution is -2.41. The van der Waals surface area contributed by atoms with Gasteiger partial charge in [-0.15, -0.1) is 0 Å². The van der Waals surface area contributed by atoms with Crippen molar-refractivity contribution in [3.8, 4) is 17.3 Å². The van der Waals surface area contributed by atoms with Crippen molar-refractivity contribution in [1.82, 2.24) is 9.88 Å². The van der Waals surface area contributed by atoms with E-state index in [0.29, 0.717) is 37.6 Å². The van der Waals surface area contributed by atoms with Crippen molar-refractivity contribution in [2.45, 2.75) is 0 Å². The molecule has 0 atom stereocenters. The first kappa shape index (κ1) is 14.2. The third-order valence-electron chi connectivity index (χ3n) is 3.59. The Morgan fingerprint density at radius 2 is 1.86 bits per heavy atom. The molecule has 5 heteroatoms. The molecule has 1 amide bonds. The lowest BCUT2D eigenvalue weighted by molar-refractivity contribution is 0.0299. The Morgan fingerprint density at radius 3 is 2.55 bits per heavy atom. The van der Waals surface area contributed by atoms with Gasteiger partial charge in [0.1, 0.15) is 11.8 Å². The molecule has 1 aliphatic rings. The summed E-state index contributed by atoms with van der Waals surface area (Å²) >= 11 is 0. The van der Waals surface area contributed by atoms with E-state index in [1.807, 2.05) is 30.3 Å². The number of nitriles is 1. The van der Waals surface area contributed by atoms with Gasteiger partial charge in [0.25, 0.3) is 5.91 Å². The van der Waals surface area contributed by atoms with Crippen LogP contribution in [-0.2, 0) is 4.74 Å². The third-order valence-corrected chi connectivity index (χ3v) is 3.59. The van der Waals surface area contributed by atoms with Gasteiger partial charge in [0, 0.05) is 18.7 Å². The minimum absolute atomic E-state index is 0.211. The zero-order valence-corrected chi connectivity index (χ0v) is 12.0. The van der Waals surface area contributed by atoms with Crippen LogP contribution in [0.25, 0.3) is 11.3 Å². The first-order valence-electron chi connectivity index (χ1n) is 7.13. The van der Waals surface area contributed by atoms with Crippen LogP contribution in [0.15, 0.2) is 42.5 Å². The minimum Gasteiger partial charge on any atom is -0.378 e. The van der Waals surface area contributed by atoms with E-state index in [9.17, 15) is 10.1 Å². The number of amides is 1. The average molecular weight is 293 g/mol. The minimum atomic E-state index is -0.211. The monoisotopic (exact) mass is 293 g/mol. The number of pyridine rings is 1. The van der Waals surface area contributed by atoms with E-state index in [-0.39, 0.29) is 11.6 Å².